The van der Waals surface area contributed by atoms with Crippen LogP contribution in [0.5, 0.6) is 0 Å². The van der Waals surface area contributed by atoms with Crippen molar-refractivity contribution in [3.8, 4) is 0 Å². The molecule has 4 nitrogen and oxygen atoms in total. The van der Waals surface area contributed by atoms with Gasteiger partial charge < -0.3 is 9.64 Å². The lowest BCUT2D eigenvalue weighted by Gasteiger charge is -2.18. The molecule has 3 aromatic rings. The summed E-state index contributed by atoms with van der Waals surface area (Å²) in [6.45, 7) is 2.51. The van der Waals surface area contributed by atoms with Crippen LogP contribution >= 0.6 is 23.2 Å². The minimum atomic E-state index is -0.309. The lowest BCUT2D eigenvalue weighted by atomic mass is 9.97. The third-order valence-corrected chi connectivity index (χ3v) is 6.23. The Balaban J connectivity index is 1.57. The standard InChI is InChI=1S/C26H23Cl2NO3/c1-2-32-24(30)15-18-9-13-23(22(28)14-18)29-16-20-19(10-8-17-6-4-3-5-7-17)11-12-21(27)25(20)26(29)31/h3-7,9,11-14H,2,8,10,15-16H2,1H3. The first kappa shape index (κ1) is 22.4. The minimum absolute atomic E-state index is 0.136. The fourth-order valence-electron chi connectivity index (χ4n) is 4.05. The Hall–Kier alpha value is -2.82. The van der Waals surface area contributed by atoms with Crippen molar-refractivity contribution in [1.82, 2.24) is 0 Å². The Morgan fingerprint density at radius 3 is 2.47 bits per heavy atom. The Bertz CT molecular complexity index is 1160. The molecule has 0 saturated carbocycles. The Labute approximate surface area is 197 Å². The number of anilines is 1. The van der Waals surface area contributed by atoms with E-state index in [-0.39, 0.29) is 18.3 Å². The molecule has 1 aliphatic heterocycles. The zero-order chi connectivity index (χ0) is 22.7. The molecule has 3 aromatic carbocycles. The van der Waals surface area contributed by atoms with Crippen molar-refractivity contribution in [2.75, 3.05) is 11.5 Å². The van der Waals surface area contributed by atoms with Crippen LogP contribution in [0.3, 0.4) is 0 Å². The number of hydrogen-bond acceptors (Lipinski definition) is 3. The molecule has 6 heteroatoms. The smallest absolute Gasteiger partial charge is 0.310 e. The number of carbonyl (C=O) groups is 2. The predicted molar refractivity (Wildman–Crippen MR) is 128 cm³/mol. The Morgan fingerprint density at radius 2 is 1.75 bits per heavy atom. The maximum Gasteiger partial charge on any atom is 0.310 e. The number of esters is 1. The number of fused-ring (bicyclic) bond motifs is 1. The number of aryl methyl sites for hydroxylation is 2. The van der Waals surface area contributed by atoms with E-state index in [1.165, 1.54) is 5.56 Å². The number of benzene rings is 3. The molecule has 0 spiro atoms. The highest BCUT2D eigenvalue weighted by molar-refractivity contribution is 6.37. The van der Waals surface area contributed by atoms with E-state index in [0.717, 1.165) is 29.5 Å². The van der Waals surface area contributed by atoms with Gasteiger partial charge in [0.2, 0.25) is 0 Å². The van der Waals surface area contributed by atoms with E-state index in [1.54, 1.807) is 36.1 Å². The highest BCUT2D eigenvalue weighted by Gasteiger charge is 2.33. The van der Waals surface area contributed by atoms with Gasteiger partial charge in [-0.15, -0.1) is 0 Å². The van der Waals surface area contributed by atoms with Gasteiger partial charge in [-0.05, 0) is 60.2 Å². The molecular weight excluding hydrogens is 445 g/mol. The summed E-state index contributed by atoms with van der Waals surface area (Å²) < 4.78 is 5.00. The molecule has 0 aliphatic carbocycles. The summed E-state index contributed by atoms with van der Waals surface area (Å²) in [5.74, 6) is -0.470. The quantitative estimate of drug-likeness (QED) is 0.397. The highest BCUT2D eigenvalue weighted by Crippen LogP contribution is 2.38. The van der Waals surface area contributed by atoms with E-state index in [0.29, 0.717) is 34.4 Å². The van der Waals surface area contributed by atoms with Gasteiger partial charge in [0.05, 0.1) is 40.9 Å². The van der Waals surface area contributed by atoms with Gasteiger partial charge in [-0.3, -0.25) is 9.59 Å². The number of nitrogens with zero attached hydrogens (tertiary/aromatic N) is 1. The van der Waals surface area contributed by atoms with E-state index >= 15 is 0 Å². The lowest BCUT2D eigenvalue weighted by molar-refractivity contribution is -0.142. The van der Waals surface area contributed by atoms with Crippen LogP contribution in [0, 0.1) is 0 Å². The van der Waals surface area contributed by atoms with Crippen molar-refractivity contribution in [3.63, 3.8) is 0 Å². The van der Waals surface area contributed by atoms with Gasteiger partial charge in [-0.1, -0.05) is 65.7 Å². The number of rotatable bonds is 7. The fraction of sp³-hybridized carbons (Fsp3) is 0.231. The first-order valence-electron chi connectivity index (χ1n) is 10.6. The number of carbonyl (C=O) groups excluding carboxylic acids is 2. The molecule has 32 heavy (non-hydrogen) atoms. The van der Waals surface area contributed by atoms with Crippen molar-refractivity contribution in [1.29, 1.82) is 0 Å². The van der Waals surface area contributed by atoms with Crippen LogP contribution in [0.15, 0.2) is 60.7 Å². The van der Waals surface area contributed by atoms with Crippen LogP contribution in [0.4, 0.5) is 5.69 Å². The predicted octanol–water partition coefficient (Wildman–Crippen LogP) is 6.04. The maximum absolute atomic E-state index is 13.3. The second-order valence-electron chi connectivity index (χ2n) is 7.70. The largest absolute Gasteiger partial charge is 0.466 e. The molecule has 164 valence electrons. The zero-order valence-corrected chi connectivity index (χ0v) is 19.2. The molecule has 0 atom stereocenters. The van der Waals surface area contributed by atoms with E-state index < -0.39 is 0 Å². The molecule has 1 aliphatic rings. The van der Waals surface area contributed by atoms with Crippen molar-refractivity contribution >= 4 is 40.8 Å². The average Bonchev–Trinajstić information content (AvgIpc) is 3.12. The van der Waals surface area contributed by atoms with Crippen LogP contribution in [-0.4, -0.2) is 18.5 Å². The van der Waals surface area contributed by atoms with E-state index in [2.05, 4.69) is 12.1 Å². The van der Waals surface area contributed by atoms with Crippen LogP contribution in [0.25, 0.3) is 0 Å². The van der Waals surface area contributed by atoms with Crippen molar-refractivity contribution in [3.05, 3.63) is 98.5 Å². The Morgan fingerprint density at radius 1 is 0.969 bits per heavy atom. The molecular formula is C26H23Cl2NO3. The first-order valence-corrected chi connectivity index (χ1v) is 11.3. The average molecular weight is 468 g/mol. The number of hydrogen-bond donors (Lipinski definition) is 0. The van der Waals surface area contributed by atoms with Gasteiger partial charge in [0.15, 0.2) is 0 Å². The first-order chi connectivity index (χ1) is 15.5. The molecule has 0 bridgehead atoms. The fourth-order valence-corrected chi connectivity index (χ4v) is 4.61. The molecule has 0 aromatic heterocycles. The van der Waals surface area contributed by atoms with Gasteiger partial charge in [-0.2, -0.15) is 0 Å². The van der Waals surface area contributed by atoms with Crippen LogP contribution in [0.1, 0.15) is 39.5 Å². The second kappa shape index (κ2) is 9.76. The van der Waals surface area contributed by atoms with Gasteiger partial charge in [0.1, 0.15) is 0 Å². The SMILES string of the molecule is CCOC(=O)Cc1ccc(N2Cc3c(CCc4ccccc4)ccc(Cl)c3C2=O)c(Cl)c1. The normalized spacial score (nSPS) is 12.7. The van der Waals surface area contributed by atoms with Crippen molar-refractivity contribution in [2.45, 2.75) is 32.7 Å². The molecule has 1 heterocycles. The number of ether oxygens (including phenoxy) is 1. The Kier molecular flexibility index (Phi) is 6.83. The van der Waals surface area contributed by atoms with Gasteiger partial charge in [-0.25, -0.2) is 0 Å². The van der Waals surface area contributed by atoms with Crippen LogP contribution in [0.2, 0.25) is 10.0 Å². The van der Waals surface area contributed by atoms with E-state index in [4.69, 9.17) is 27.9 Å². The maximum atomic E-state index is 13.3. The summed E-state index contributed by atoms with van der Waals surface area (Å²) in [5, 5.41) is 0.862. The molecule has 0 fully saturated rings. The summed E-state index contributed by atoms with van der Waals surface area (Å²) >= 11 is 12.9. The monoisotopic (exact) mass is 467 g/mol. The third kappa shape index (κ3) is 4.67. The topological polar surface area (TPSA) is 46.6 Å². The lowest BCUT2D eigenvalue weighted by Crippen LogP contribution is -2.23. The molecule has 1 amide bonds. The number of halogens is 2. The minimum Gasteiger partial charge on any atom is -0.466 e. The molecule has 0 radical (unpaired) electrons. The molecule has 0 unspecified atom stereocenters. The number of amides is 1. The van der Waals surface area contributed by atoms with E-state index in [1.807, 2.05) is 24.3 Å². The van der Waals surface area contributed by atoms with Gasteiger partial charge >= 0.3 is 5.97 Å². The highest BCUT2D eigenvalue weighted by atomic mass is 35.5. The van der Waals surface area contributed by atoms with E-state index in [9.17, 15) is 9.59 Å². The summed E-state index contributed by atoms with van der Waals surface area (Å²) in [5.41, 5.74) is 5.19. The second-order valence-corrected chi connectivity index (χ2v) is 8.52. The molecule has 0 N–H and O–H groups in total. The van der Waals surface area contributed by atoms with Gasteiger partial charge in [0, 0.05) is 0 Å². The van der Waals surface area contributed by atoms with Crippen molar-refractivity contribution < 1.29 is 14.3 Å². The summed E-state index contributed by atoms with van der Waals surface area (Å²) in [7, 11) is 0. The van der Waals surface area contributed by atoms with Gasteiger partial charge in [0.25, 0.3) is 5.91 Å². The van der Waals surface area contributed by atoms with Crippen molar-refractivity contribution in [2.24, 2.45) is 0 Å². The third-order valence-electron chi connectivity index (χ3n) is 5.62. The molecule has 0 saturated heterocycles. The summed E-state index contributed by atoms with van der Waals surface area (Å²) in [4.78, 5) is 26.7. The molecule has 4 rings (SSSR count). The zero-order valence-electron chi connectivity index (χ0n) is 17.7. The van der Waals surface area contributed by atoms with Crippen LogP contribution in [-0.2, 0) is 35.3 Å². The summed E-state index contributed by atoms with van der Waals surface area (Å²) in [6, 6.07) is 19.4. The van der Waals surface area contributed by atoms with Crippen LogP contribution < -0.4 is 4.90 Å². The summed E-state index contributed by atoms with van der Waals surface area (Å²) in [6.07, 6.45) is 1.83.